The van der Waals surface area contributed by atoms with Crippen molar-refractivity contribution >= 4 is 34.2 Å². The minimum absolute atomic E-state index is 0. The Morgan fingerprint density at radius 3 is 2.69 bits per heavy atom. The number of ether oxygens (including phenoxy) is 1. The smallest absolute Gasteiger partial charge is 0.276 e. The van der Waals surface area contributed by atoms with Crippen molar-refractivity contribution in [3.63, 3.8) is 0 Å². The number of carbonyl (C=O) groups excluding carboxylic acids is 1. The van der Waals surface area contributed by atoms with Crippen LogP contribution in [0, 0.1) is 18.6 Å². The van der Waals surface area contributed by atoms with Crippen molar-refractivity contribution in [2.45, 2.75) is 13.5 Å². The fourth-order valence-electron chi connectivity index (χ4n) is 2.84. The fourth-order valence-corrected chi connectivity index (χ4v) is 3.22. The van der Waals surface area contributed by atoms with E-state index in [0.717, 1.165) is 12.1 Å². The Morgan fingerprint density at radius 1 is 1.25 bits per heavy atom. The van der Waals surface area contributed by atoms with E-state index in [4.69, 9.17) is 10.5 Å². The maximum atomic E-state index is 13.8. The molecule has 3 rings (SSSR count). The second kappa shape index (κ2) is 11.2. The van der Waals surface area contributed by atoms with Gasteiger partial charge in [0.2, 0.25) is 5.88 Å². The molecular weight excluding hydrogens is 510 g/mol. The number of halogens is 4. The lowest BCUT2D eigenvalue weighted by atomic mass is 10.2. The van der Waals surface area contributed by atoms with E-state index in [9.17, 15) is 18.4 Å². The van der Waals surface area contributed by atoms with Crippen molar-refractivity contribution in [1.29, 1.82) is 0 Å². The molecule has 0 unspecified atom stereocenters. The number of nitrogens with zero attached hydrogens (tertiary/aromatic N) is 2. The maximum absolute atomic E-state index is 13.8. The standard InChI is InChI=1S/C21H19BrF2N4O3.ClH/c1-12-27-20(31-11-14-5-6-15(23)10-17(14)24)18(22)21(30)28(12)16-4-2-3-13(9-16)19(29)26-8-7-25;/h2-6,9-10H,7-8,11,25H2,1H3,(H,26,29);1H. The molecule has 0 fully saturated rings. The first-order valence-corrected chi connectivity index (χ1v) is 10.1. The van der Waals surface area contributed by atoms with Crippen molar-refractivity contribution in [3.8, 4) is 11.6 Å². The average molecular weight is 530 g/mol. The third kappa shape index (κ3) is 5.70. The molecule has 0 aliphatic rings. The largest absolute Gasteiger partial charge is 0.472 e. The van der Waals surface area contributed by atoms with Gasteiger partial charge in [-0.25, -0.2) is 8.78 Å². The van der Waals surface area contributed by atoms with E-state index in [2.05, 4.69) is 26.2 Å². The number of rotatable bonds is 7. The zero-order valence-electron chi connectivity index (χ0n) is 16.9. The van der Waals surface area contributed by atoms with Crippen molar-refractivity contribution < 1.29 is 18.3 Å². The van der Waals surface area contributed by atoms with Gasteiger partial charge in [0.1, 0.15) is 28.5 Å². The van der Waals surface area contributed by atoms with Gasteiger partial charge in [-0.3, -0.25) is 14.2 Å². The second-order valence-corrected chi connectivity index (χ2v) is 7.33. The van der Waals surface area contributed by atoms with Gasteiger partial charge >= 0.3 is 0 Å². The molecule has 0 aliphatic carbocycles. The van der Waals surface area contributed by atoms with Crippen LogP contribution in [0.2, 0.25) is 0 Å². The van der Waals surface area contributed by atoms with Crippen LogP contribution in [-0.4, -0.2) is 28.5 Å². The number of carbonyl (C=O) groups is 1. The van der Waals surface area contributed by atoms with E-state index < -0.39 is 17.2 Å². The maximum Gasteiger partial charge on any atom is 0.276 e. The van der Waals surface area contributed by atoms with Crippen LogP contribution in [0.15, 0.2) is 51.7 Å². The summed E-state index contributed by atoms with van der Waals surface area (Å²) in [6.07, 6.45) is 0. The van der Waals surface area contributed by atoms with Crippen molar-refractivity contribution in [1.82, 2.24) is 14.9 Å². The van der Waals surface area contributed by atoms with E-state index in [1.807, 2.05) is 0 Å². The first kappa shape index (κ1) is 25.4. The van der Waals surface area contributed by atoms with E-state index in [-0.39, 0.29) is 40.8 Å². The first-order chi connectivity index (χ1) is 14.8. The monoisotopic (exact) mass is 528 g/mol. The Balaban J connectivity index is 0.00000363. The van der Waals surface area contributed by atoms with Crippen molar-refractivity contribution in [2.24, 2.45) is 5.73 Å². The Kier molecular flexibility index (Phi) is 8.88. The van der Waals surface area contributed by atoms with E-state index in [1.54, 1.807) is 31.2 Å². The lowest BCUT2D eigenvalue weighted by Gasteiger charge is -2.14. The first-order valence-electron chi connectivity index (χ1n) is 9.26. The molecule has 0 aliphatic heterocycles. The van der Waals surface area contributed by atoms with Gasteiger partial charge < -0.3 is 15.8 Å². The molecule has 1 aromatic heterocycles. The number of aryl methyl sites for hydroxylation is 1. The number of nitrogens with two attached hydrogens (primary N) is 1. The van der Waals surface area contributed by atoms with Gasteiger partial charge in [0.15, 0.2) is 0 Å². The number of benzene rings is 2. The third-order valence-corrected chi connectivity index (χ3v) is 5.02. The summed E-state index contributed by atoms with van der Waals surface area (Å²) in [5.74, 6) is -1.50. The van der Waals surface area contributed by atoms with Gasteiger partial charge in [-0.2, -0.15) is 4.98 Å². The molecule has 11 heteroatoms. The predicted octanol–water partition coefficient (Wildman–Crippen LogP) is 3.27. The predicted molar refractivity (Wildman–Crippen MR) is 122 cm³/mol. The summed E-state index contributed by atoms with van der Waals surface area (Å²) in [6.45, 7) is 2.00. The normalized spacial score (nSPS) is 10.4. The molecule has 170 valence electrons. The molecule has 7 nitrogen and oxygen atoms in total. The highest BCUT2D eigenvalue weighted by atomic mass is 79.9. The van der Waals surface area contributed by atoms with Crippen molar-refractivity contribution in [3.05, 3.63) is 85.9 Å². The lowest BCUT2D eigenvalue weighted by Crippen LogP contribution is -2.29. The van der Waals surface area contributed by atoms with Crippen LogP contribution in [0.3, 0.4) is 0 Å². The minimum Gasteiger partial charge on any atom is -0.472 e. The summed E-state index contributed by atoms with van der Waals surface area (Å²) in [7, 11) is 0. The van der Waals surface area contributed by atoms with Gasteiger partial charge in [-0.05, 0) is 53.2 Å². The van der Waals surface area contributed by atoms with E-state index in [1.165, 1.54) is 10.6 Å². The number of hydrogen-bond donors (Lipinski definition) is 2. The molecule has 2 aromatic carbocycles. The molecule has 1 amide bonds. The molecule has 1 heterocycles. The molecule has 3 aromatic rings. The summed E-state index contributed by atoms with van der Waals surface area (Å²) >= 11 is 3.18. The number of aromatic nitrogens is 2. The summed E-state index contributed by atoms with van der Waals surface area (Å²) in [5, 5.41) is 2.67. The summed E-state index contributed by atoms with van der Waals surface area (Å²) in [6, 6.07) is 9.61. The van der Waals surface area contributed by atoms with Crippen LogP contribution in [0.25, 0.3) is 5.69 Å². The van der Waals surface area contributed by atoms with Crippen LogP contribution in [0.4, 0.5) is 8.78 Å². The topological polar surface area (TPSA) is 99.2 Å². The number of amides is 1. The van der Waals surface area contributed by atoms with Crippen LogP contribution in [-0.2, 0) is 6.61 Å². The minimum atomic E-state index is -0.758. The highest BCUT2D eigenvalue weighted by Gasteiger charge is 2.17. The van der Waals surface area contributed by atoms with Crippen LogP contribution in [0.5, 0.6) is 5.88 Å². The molecular formula is C21H20BrClF2N4O3. The second-order valence-electron chi connectivity index (χ2n) is 6.54. The molecule has 0 spiro atoms. The number of hydrogen-bond acceptors (Lipinski definition) is 5. The molecule has 3 N–H and O–H groups in total. The SMILES string of the molecule is Cc1nc(OCc2ccc(F)cc2F)c(Br)c(=O)n1-c1cccc(C(=O)NCCN)c1.Cl. The Morgan fingerprint density at radius 2 is 2.00 bits per heavy atom. The molecule has 0 radical (unpaired) electrons. The van der Waals surface area contributed by atoms with Gasteiger partial charge in [0.05, 0.1) is 5.69 Å². The van der Waals surface area contributed by atoms with Gasteiger partial charge in [0.25, 0.3) is 11.5 Å². The van der Waals surface area contributed by atoms with Crippen LogP contribution >= 0.6 is 28.3 Å². The fraction of sp³-hybridized carbons (Fsp3) is 0.190. The van der Waals surface area contributed by atoms with Crippen LogP contribution in [0.1, 0.15) is 21.7 Å². The quantitative estimate of drug-likeness (QED) is 0.489. The highest BCUT2D eigenvalue weighted by molar-refractivity contribution is 9.10. The van der Waals surface area contributed by atoms with E-state index in [0.29, 0.717) is 30.2 Å². The van der Waals surface area contributed by atoms with Gasteiger partial charge in [-0.15, -0.1) is 12.4 Å². The average Bonchev–Trinajstić information content (AvgIpc) is 2.75. The summed E-state index contributed by atoms with van der Waals surface area (Å²) in [4.78, 5) is 29.4. The Hall–Kier alpha value is -2.82. The molecule has 0 saturated heterocycles. The van der Waals surface area contributed by atoms with Gasteiger partial charge in [-0.1, -0.05) is 6.07 Å². The molecule has 0 atom stereocenters. The molecule has 32 heavy (non-hydrogen) atoms. The lowest BCUT2D eigenvalue weighted by molar-refractivity contribution is 0.0954. The Labute approximate surface area is 197 Å². The summed E-state index contributed by atoms with van der Waals surface area (Å²) < 4.78 is 33.7. The van der Waals surface area contributed by atoms with Gasteiger partial charge in [0, 0.05) is 30.3 Å². The van der Waals surface area contributed by atoms with E-state index >= 15 is 0 Å². The zero-order valence-corrected chi connectivity index (χ0v) is 19.3. The van der Waals surface area contributed by atoms with Crippen molar-refractivity contribution in [2.75, 3.05) is 13.1 Å². The van der Waals surface area contributed by atoms with Crippen LogP contribution < -0.4 is 21.3 Å². The number of nitrogens with one attached hydrogen (secondary N) is 1. The zero-order chi connectivity index (χ0) is 22.5. The molecule has 0 saturated carbocycles. The third-order valence-electron chi connectivity index (χ3n) is 4.34. The Bertz CT molecular complexity index is 1190. The highest BCUT2D eigenvalue weighted by Crippen LogP contribution is 2.22. The summed E-state index contributed by atoms with van der Waals surface area (Å²) in [5.41, 5.74) is 5.85. The molecule has 0 bridgehead atoms.